The lowest BCUT2D eigenvalue weighted by atomic mass is 9.94. The molecule has 1 aromatic carbocycles. The van der Waals surface area contributed by atoms with Gasteiger partial charge in [-0.15, -0.1) is 0 Å². The highest BCUT2D eigenvalue weighted by Gasteiger charge is 2.30. The van der Waals surface area contributed by atoms with Crippen LogP contribution in [0.15, 0.2) is 6.07 Å². The first-order valence-corrected chi connectivity index (χ1v) is 8.95. The number of fused-ring (bicyclic) bond motifs is 3. The second-order valence-corrected chi connectivity index (χ2v) is 7.54. The van der Waals surface area contributed by atoms with Gasteiger partial charge in [0.2, 0.25) is 0 Å². The van der Waals surface area contributed by atoms with Gasteiger partial charge in [0.15, 0.2) is 0 Å². The molecular formula is C16H22ClNOS. The second kappa shape index (κ2) is 6.17. The number of thioether (sulfide) groups is 1. The quantitative estimate of drug-likeness (QED) is 0.897. The zero-order valence-corrected chi connectivity index (χ0v) is 13.7. The van der Waals surface area contributed by atoms with Crippen molar-refractivity contribution in [2.75, 3.05) is 13.2 Å². The topological polar surface area (TPSA) is 21.3 Å². The summed E-state index contributed by atoms with van der Waals surface area (Å²) in [5, 5.41) is 5.24. The predicted octanol–water partition coefficient (Wildman–Crippen LogP) is 4.34. The molecule has 2 aliphatic rings. The lowest BCUT2D eigenvalue weighted by Gasteiger charge is -2.22. The average Bonchev–Trinajstić information content (AvgIpc) is 2.81. The summed E-state index contributed by atoms with van der Waals surface area (Å²) >= 11 is 8.63. The van der Waals surface area contributed by atoms with E-state index in [0.717, 1.165) is 48.9 Å². The minimum absolute atomic E-state index is 0.358. The monoisotopic (exact) mass is 311 g/mol. The molecule has 0 radical (unpaired) electrons. The number of halogens is 1. The third kappa shape index (κ3) is 2.68. The maximum Gasteiger partial charge on any atom is 0.127 e. The van der Waals surface area contributed by atoms with Gasteiger partial charge >= 0.3 is 0 Å². The van der Waals surface area contributed by atoms with Gasteiger partial charge in [-0.3, -0.25) is 0 Å². The molecule has 1 aromatic rings. The normalized spacial score (nSPS) is 24.8. The first-order chi connectivity index (χ1) is 9.70. The molecule has 0 amide bonds. The Morgan fingerprint density at radius 1 is 1.50 bits per heavy atom. The molecule has 2 heterocycles. The summed E-state index contributed by atoms with van der Waals surface area (Å²) < 4.78 is 5.90. The Morgan fingerprint density at radius 2 is 2.35 bits per heavy atom. The molecule has 2 atom stereocenters. The Hall–Kier alpha value is -0.380. The van der Waals surface area contributed by atoms with E-state index in [1.54, 1.807) is 0 Å². The Bertz CT molecular complexity index is 506. The van der Waals surface area contributed by atoms with E-state index in [1.165, 1.54) is 16.7 Å². The van der Waals surface area contributed by atoms with E-state index in [9.17, 15) is 0 Å². The van der Waals surface area contributed by atoms with Crippen molar-refractivity contribution in [3.8, 4) is 5.75 Å². The van der Waals surface area contributed by atoms with Crippen LogP contribution in [0.2, 0.25) is 5.02 Å². The molecule has 0 aromatic heterocycles. The third-order valence-corrected chi connectivity index (χ3v) is 5.67. The van der Waals surface area contributed by atoms with Crippen LogP contribution in [0.25, 0.3) is 0 Å². The van der Waals surface area contributed by atoms with Gasteiger partial charge in [0.05, 0.1) is 6.61 Å². The highest BCUT2D eigenvalue weighted by molar-refractivity contribution is 7.99. The van der Waals surface area contributed by atoms with Gasteiger partial charge in [-0.05, 0) is 36.6 Å². The van der Waals surface area contributed by atoms with Crippen LogP contribution in [-0.4, -0.2) is 18.4 Å². The molecule has 0 bridgehead atoms. The van der Waals surface area contributed by atoms with E-state index in [4.69, 9.17) is 16.3 Å². The lowest BCUT2D eigenvalue weighted by Crippen LogP contribution is -2.24. The van der Waals surface area contributed by atoms with Gasteiger partial charge in [0.25, 0.3) is 0 Å². The van der Waals surface area contributed by atoms with Crippen molar-refractivity contribution in [2.24, 2.45) is 0 Å². The summed E-state index contributed by atoms with van der Waals surface area (Å²) in [6.45, 7) is 6.35. The van der Waals surface area contributed by atoms with Gasteiger partial charge in [-0.1, -0.05) is 25.4 Å². The Labute approximate surface area is 130 Å². The summed E-state index contributed by atoms with van der Waals surface area (Å²) in [7, 11) is 0. The summed E-state index contributed by atoms with van der Waals surface area (Å²) in [5.74, 6) is 2.14. The molecule has 0 spiro atoms. The fourth-order valence-corrected chi connectivity index (χ4v) is 4.60. The van der Waals surface area contributed by atoms with Crippen LogP contribution in [0.1, 0.15) is 49.4 Å². The largest absolute Gasteiger partial charge is 0.493 e. The molecule has 3 rings (SSSR count). The number of nitrogens with one attached hydrogen (secondary N) is 1. The smallest absolute Gasteiger partial charge is 0.127 e. The van der Waals surface area contributed by atoms with Gasteiger partial charge in [-0.2, -0.15) is 11.8 Å². The maximum atomic E-state index is 6.61. The minimum Gasteiger partial charge on any atom is -0.493 e. The van der Waals surface area contributed by atoms with E-state index >= 15 is 0 Å². The third-order valence-electron chi connectivity index (χ3n) is 4.14. The number of ether oxygens (including phenoxy) is 1. The van der Waals surface area contributed by atoms with Crippen molar-refractivity contribution in [3.63, 3.8) is 0 Å². The highest BCUT2D eigenvalue weighted by Crippen LogP contribution is 2.45. The van der Waals surface area contributed by atoms with Crippen LogP contribution in [0.3, 0.4) is 0 Å². The van der Waals surface area contributed by atoms with Crippen molar-refractivity contribution in [1.82, 2.24) is 5.32 Å². The summed E-state index contributed by atoms with van der Waals surface area (Å²) in [5.41, 5.74) is 3.92. The zero-order chi connectivity index (χ0) is 14.1. The molecule has 1 N–H and O–H groups in total. The highest BCUT2D eigenvalue weighted by atomic mass is 35.5. The molecule has 20 heavy (non-hydrogen) atoms. The standard InChI is InChI=1S/C16H22ClNOS/c1-3-5-18-14-7-10(2)20-9-12-15(14)13(17)8-11-4-6-19-16(11)12/h8,10,14,18H,3-7,9H2,1-2H3. The van der Waals surface area contributed by atoms with Crippen LogP contribution in [0, 0.1) is 0 Å². The van der Waals surface area contributed by atoms with Gasteiger partial charge < -0.3 is 10.1 Å². The maximum absolute atomic E-state index is 6.61. The number of rotatable bonds is 3. The van der Waals surface area contributed by atoms with Crippen molar-refractivity contribution < 1.29 is 4.74 Å². The summed E-state index contributed by atoms with van der Waals surface area (Å²) in [6.07, 6.45) is 3.28. The SMILES string of the molecule is CCCNC1CC(C)SCc2c3c(cc(Cl)c21)CCO3. The van der Waals surface area contributed by atoms with Gasteiger partial charge in [0, 0.05) is 34.1 Å². The molecule has 110 valence electrons. The van der Waals surface area contributed by atoms with Crippen LogP contribution in [0.4, 0.5) is 0 Å². The van der Waals surface area contributed by atoms with Crippen molar-refractivity contribution >= 4 is 23.4 Å². The molecule has 0 saturated carbocycles. The lowest BCUT2D eigenvalue weighted by molar-refractivity contribution is 0.353. The van der Waals surface area contributed by atoms with E-state index in [2.05, 4.69) is 25.2 Å². The molecule has 2 aliphatic heterocycles. The van der Waals surface area contributed by atoms with Gasteiger partial charge in [-0.25, -0.2) is 0 Å². The Kier molecular flexibility index (Phi) is 4.49. The number of hydrogen-bond acceptors (Lipinski definition) is 3. The Morgan fingerprint density at radius 3 is 3.15 bits per heavy atom. The molecule has 0 fully saturated rings. The first kappa shape index (κ1) is 14.6. The number of benzene rings is 1. The summed E-state index contributed by atoms with van der Waals surface area (Å²) in [4.78, 5) is 0. The molecule has 2 nitrogen and oxygen atoms in total. The summed E-state index contributed by atoms with van der Waals surface area (Å²) in [6, 6.07) is 2.49. The van der Waals surface area contributed by atoms with Crippen LogP contribution in [0.5, 0.6) is 5.75 Å². The zero-order valence-electron chi connectivity index (χ0n) is 12.2. The molecule has 4 heteroatoms. The Balaban J connectivity index is 2.04. The van der Waals surface area contributed by atoms with Crippen LogP contribution >= 0.6 is 23.4 Å². The average molecular weight is 312 g/mol. The van der Waals surface area contributed by atoms with E-state index in [-0.39, 0.29) is 0 Å². The molecule has 0 aliphatic carbocycles. The predicted molar refractivity (Wildman–Crippen MR) is 87.1 cm³/mol. The van der Waals surface area contributed by atoms with Crippen LogP contribution < -0.4 is 10.1 Å². The van der Waals surface area contributed by atoms with E-state index in [1.807, 2.05) is 11.8 Å². The van der Waals surface area contributed by atoms with Crippen molar-refractivity contribution in [1.29, 1.82) is 0 Å². The van der Waals surface area contributed by atoms with E-state index < -0.39 is 0 Å². The van der Waals surface area contributed by atoms with Gasteiger partial charge in [0.1, 0.15) is 5.75 Å². The second-order valence-electron chi connectivity index (χ2n) is 5.70. The van der Waals surface area contributed by atoms with E-state index in [0.29, 0.717) is 11.3 Å². The van der Waals surface area contributed by atoms with Crippen molar-refractivity contribution in [2.45, 2.75) is 50.2 Å². The van der Waals surface area contributed by atoms with Crippen molar-refractivity contribution in [3.05, 3.63) is 27.8 Å². The molecule has 2 unspecified atom stereocenters. The number of hydrogen-bond donors (Lipinski definition) is 1. The molecule has 0 saturated heterocycles. The minimum atomic E-state index is 0.358. The fourth-order valence-electron chi connectivity index (χ4n) is 3.15. The first-order valence-electron chi connectivity index (χ1n) is 7.52. The fraction of sp³-hybridized carbons (Fsp3) is 0.625. The molecular weight excluding hydrogens is 290 g/mol. The van der Waals surface area contributed by atoms with Crippen LogP contribution in [-0.2, 0) is 12.2 Å².